The Morgan fingerprint density at radius 1 is 0.397 bits per heavy atom. The Labute approximate surface area is 854 Å². The number of rotatable bonds is 9. The first-order chi connectivity index (χ1) is 65.3. The number of nitrogens with zero attached hydrogens (tertiary/aromatic N) is 9. The topological polar surface area (TPSA) is 360 Å². The molecule has 6 aliphatic carbocycles. The van der Waals surface area contributed by atoms with Gasteiger partial charge in [0.2, 0.25) is 35.4 Å². The van der Waals surface area contributed by atoms with Crippen molar-refractivity contribution in [3.8, 4) is 34.9 Å². The number of fused-ring (bicyclic) bond motifs is 15. The van der Waals surface area contributed by atoms with Crippen LogP contribution >= 0.6 is 0 Å². The Balaban J connectivity index is 0.000000176. The molecule has 6 aliphatic heterocycles. The second kappa shape index (κ2) is 41.9. The molecular weight excluding hydrogens is 1950 g/mol. The van der Waals surface area contributed by atoms with Crippen LogP contribution < -0.4 is 44.4 Å². The van der Waals surface area contributed by atoms with Crippen LogP contribution in [0, 0.1) is 68.0 Å². The van der Waals surface area contributed by atoms with Gasteiger partial charge in [-0.3, -0.25) is 14.4 Å². The van der Waals surface area contributed by atoms with Crippen LogP contribution in [0.1, 0.15) is 255 Å². The fourth-order valence-corrected chi connectivity index (χ4v) is 22.3. The third-order valence-corrected chi connectivity index (χ3v) is 31.6. The van der Waals surface area contributed by atoms with Crippen molar-refractivity contribution in [2.24, 2.45) is 68.0 Å². The molecule has 3 aromatic carbocycles. The fraction of sp³-hybridized carbons (Fsp3) is 0.676. The van der Waals surface area contributed by atoms with E-state index in [4.69, 9.17) is 42.6 Å². The predicted octanol–water partition coefficient (Wildman–Crippen LogP) is 17.1. The van der Waals surface area contributed by atoms with Gasteiger partial charge in [0.15, 0.2) is 17.1 Å². The number of methoxy groups -OCH3 is 3. The molecular formula is C102H129F6N12O18V3-3. The molecule has 9 heterocycles. The molecule has 18 atom stereocenters. The van der Waals surface area contributed by atoms with Crippen LogP contribution in [0.2, 0.25) is 0 Å². The Bertz CT molecular complexity index is 5650. The second-order valence-electron chi connectivity index (χ2n) is 43.8. The zero-order chi connectivity index (χ0) is 99.3. The maximum Gasteiger partial charge on any atom is 0.408 e. The number of hydrogen-bond acceptors (Lipinski definition) is 24. The minimum atomic E-state index is -3.36. The van der Waals surface area contributed by atoms with Gasteiger partial charge in [-0.25, -0.2) is 63.1 Å². The number of alkyl halides is 6. The van der Waals surface area contributed by atoms with Crippen LogP contribution in [0.3, 0.4) is 0 Å². The first kappa shape index (κ1) is 109. The third-order valence-electron chi connectivity index (χ3n) is 31.6. The van der Waals surface area contributed by atoms with E-state index in [1.807, 2.05) is 109 Å². The van der Waals surface area contributed by atoms with Gasteiger partial charge in [-0.1, -0.05) is 140 Å². The molecule has 39 heteroatoms. The van der Waals surface area contributed by atoms with E-state index >= 15 is 26.3 Å². The average Bonchev–Trinajstić information content (AvgIpc) is 1.56. The summed E-state index contributed by atoms with van der Waals surface area (Å²) in [6.45, 7) is 23.4. The van der Waals surface area contributed by atoms with E-state index in [2.05, 4.69) is 45.9 Å². The Morgan fingerprint density at radius 2 is 0.709 bits per heavy atom. The van der Waals surface area contributed by atoms with Crippen molar-refractivity contribution in [3.05, 3.63) is 71.7 Å². The number of nitrogens with one attached hydrogen (secondary N) is 3. The molecule has 6 saturated carbocycles. The van der Waals surface area contributed by atoms with E-state index in [9.17, 15) is 43.2 Å². The maximum absolute atomic E-state index is 16.9. The second-order valence-corrected chi connectivity index (χ2v) is 43.8. The summed E-state index contributed by atoms with van der Waals surface area (Å²) in [5.74, 6) is -12.6. The van der Waals surface area contributed by atoms with Gasteiger partial charge in [-0.15, -0.1) is 0 Å². The summed E-state index contributed by atoms with van der Waals surface area (Å²) in [6.07, 6.45) is 11.9. The SMILES string of the molecule is CC[C@@H]1[C@@H]2CN(C(=O)[C@H](C(C)(C)C)NC(=O)O[C@@H]3CCC[C@H]3CCCC3(CC3)C(F)(F)c3nc4ccc(OC)cc4nc3O2)[C@@H]1[C-]=O.CC[C@@H]1[C@@H]2CN(C(=O)[C@H](C(C)(C)C)NC(=O)O[C@@H]3C[C@H]3CCCC3(CC3)C(F)(F)c3nc4ccc(OC)cc4nc3O2)[C@@H]1[C-]=O.CC[C@@H]1[C@@H]2CN(C(=O)[C@H](C(C)(C)C)NC(=O)O[C@]3(C)C[C@H]3CCCC3(CC3)C(F)(F)c3nc4ccc(OC)cc4nc3O2)[C@@H]1[C-]=O.[V].[V].[V]. The first-order valence-electron chi connectivity index (χ1n) is 49.0. The molecule has 9 fully saturated rings. The molecule has 3 radical (unpaired) electrons. The molecule has 765 valence electrons. The summed E-state index contributed by atoms with van der Waals surface area (Å²) in [7, 11) is 4.50. The summed E-state index contributed by atoms with van der Waals surface area (Å²) in [4.78, 5) is 150. The summed E-state index contributed by atoms with van der Waals surface area (Å²) in [5.41, 5.74) is -6.59. The van der Waals surface area contributed by atoms with Crippen LogP contribution in [-0.4, -0.2) is 213 Å². The van der Waals surface area contributed by atoms with Gasteiger partial charge in [0.25, 0.3) is 0 Å². The van der Waals surface area contributed by atoms with Gasteiger partial charge in [0.05, 0.1) is 74.1 Å². The number of ether oxygens (including phenoxy) is 9. The predicted molar refractivity (Wildman–Crippen MR) is 493 cm³/mol. The quantitative estimate of drug-likeness (QED) is 0.0687. The average molecular weight is 2080 g/mol. The zero-order valence-electron chi connectivity index (χ0n) is 82.9. The molecule has 6 bridgehead atoms. The smallest absolute Gasteiger partial charge is 0.408 e. The molecule has 3 saturated heterocycles. The fourth-order valence-electron chi connectivity index (χ4n) is 22.3. The van der Waals surface area contributed by atoms with Crippen molar-refractivity contribution in [2.75, 3.05) is 41.0 Å². The number of amides is 6. The van der Waals surface area contributed by atoms with Crippen LogP contribution in [0.4, 0.5) is 40.7 Å². The minimum absolute atomic E-state index is 0. The molecule has 3 spiro atoms. The monoisotopic (exact) mass is 2080 g/mol. The van der Waals surface area contributed by atoms with Gasteiger partial charge in [0.1, 0.15) is 71.5 Å². The number of benzene rings is 3. The molecule has 12 aliphatic rings. The number of carbonyl (C=O) groups is 6. The molecule has 3 N–H and O–H groups in total. The van der Waals surface area contributed by atoms with E-state index in [1.165, 1.54) is 36.0 Å². The van der Waals surface area contributed by atoms with Crippen molar-refractivity contribution in [2.45, 2.75) is 328 Å². The van der Waals surface area contributed by atoms with E-state index in [-0.39, 0.29) is 159 Å². The van der Waals surface area contributed by atoms with E-state index in [1.54, 1.807) is 54.6 Å². The van der Waals surface area contributed by atoms with Gasteiger partial charge >= 0.3 is 36.0 Å². The van der Waals surface area contributed by atoms with Crippen molar-refractivity contribution < 1.29 is 168 Å². The third kappa shape index (κ3) is 21.7. The molecule has 6 aromatic rings. The molecule has 141 heavy (non-hydrogen) atoms. The van der Waals surface area contributed by atoms with Crippen LogP contribution in [-0.2, 0) is 116 Å². The normalized spacial score (nSPS) is 30.7. The standard InChI is InChI=1S/C35H45F2N4O6.C34H43F2N4O6.C33H41F2N4O6.3V/c1-6-22-25(19-42)41-18-27(22)46-30-28(38-23-13-12-21(45-5)17-24(23)39-30)35(36,37)34(15-16-34)14-8-10-20-9-7-11-26(20)47-32(44)40-29(31(41)43)33(2,3)4;1-7-21-24(18-41)40-17-25(21)45-28-26(37-22-11-10-20(44-6)15-23(22)38-28)34(35,36)33(13-14-33)12-8-9-19-16-32(19,5)46-30(43)39-27(29(40)42)31(2,3)4;1-6-20-23(17-40)39-16-25(20)44-28-26(36-21-10-9-19(43-5)15-22(21)37-28)33(34,35)32(12-13-32)11-7-8-18-14-24(18)45-30(42)38-27(29(39)41)31(2,3)4;;;/h12-13,17,20,22,25-27,29H,6-11,14-16,18H2,1-5H3,(H,40,44);10-11,15,19,21,24-25,27H,7-9,12-14,16-17H2,1-6H3,(H,39,43);9-10,15,18,20,23-25,27H,6-8,11-14,16H2,1-5H3,(H,38,42);;;/q3*-1;;;/t20-,22-,25+,26+,27-,29+;19-,21+,24-,25+,27-,32-;18-,20+,23-,24-,25+,27-;;;/m011.../s1. The number of hydrogen-bond donors (Lipinski definition) is 3. The largest absolute Gasteiger partial charge is 0.540 e. The van der Waals surface area contributed by atoms with E-state index < -0.39 is 181 Å². The van der Waals surface area contributed by atoms with Crippen molar-refractivity contribution in [1.29, 1.82) is 0 Å². The summed E-state index contributed by atoms with van der Waals surface area (Å²) < 4.78 is 153. The minimum Gasteiger partial charge on any atom is -0.540 e. The van der Waals surface area contributed by atoms with E-state index in [0.717, 1.165) is 12.8 Å². The first-order valence-corrected chi connectivity index (χ1v) is 49.0. The maximum atomic E-state index is 16.9. The number of halogens is 6. The molecule has 30 nitrogen and oxygen atoms in total. The summed E-state index contributed by atoms with van der Waals surface area (Å²) in [5, 5.41) is 8.34. The summed E-state index contributed by atoms with van der Waals surface area (Å²) >= 11 is 0. The van der Waals surface area contributed by atoms with E-state index in [0.29, 0.717) is 149 Å². The van der Waals surface area contributed by atoms with Crippen LogP contribution in [0.5, 0.6) is 34.9 Å². The zero-order valence-corrected chi connectivity index (χ0v) is 87.1. The van der Waals surface area contributed by atoms with Crippen molar-refractivity contribution in [1.82, 2.24) is 60.6 Å². The number of carbonyl (C=O) groups excluding carboxylic acids is 9. The van der Waals surface area contributed by atoms with Crippen molar-refractivity contribution >= 4 is 88.0 Å². The molecule has 18 rings (SSSR count). The van der Waals surface area contributed by atoms with Gasteiger partial charge < -0.3 is 87.7 Å². The molecule has 3 aromatic heterocycles. The number of alkyl carbamates (subject to hydrolysis) is 3. The van der Waals surface area contributed by atoms with Gasteiger partial charge in [-0.05, 0) is 198 Å². The van der Waals surface area contributed by atoms with Crippen LogP contribution in [0.15, 0.2) is 54.6 Å². The summed E-state index contributed by atoms with van der Waals surface area (Å²) in [6, 6.07) is 8.44. The van der Waals surface area contributed by atoms with Gasteiger partial charge in [0, 0.05) is 96.0 Å². The number of aromatic nitrogens is 6. The van der Waals surface area contributed by atoms with Crippen molar-refractivity contribution in [3.63, 3.8) is 0 Å². The van der Waals surface area contributed by atoms with Gasteiger partial charge in [-0.2, -0.15) is 26.3 Å². The Kier molecular flexibility index (Phi) is 32.5. The van der Waals surface area contributed by atoms with Crippen LogP contribution in [0.25, 0.3) is 33.1 Å². The molecule has 0 unspecified atom stereocenters. The Morgan fingerprint density at radius 3 is 1.02 bits per heavy atom. The Hall–Kier alpha value is -8.96. The molecule has 6 amide bonds.